The Labute approximate surface area is 106 Å². The van der Waals surface area contributed by atoms with Crippen LogP contribution in [0.2, 0.25) is 0 Å². The first kappa shape index (κ1) is 12.9. The third kappa shape index (κ3) is 1.88. The zero-order valence-corrected chi connectivity index (χ0v) is 11.8. The highest BCUT2D eigenvalue weighted by molar-refractivity contribution is 5.60. The number of carbonyl (C=O) groups is 1. The van der Waals surface area contributed by atoms with E-state index in [1.54, 1.807) is 0 Å². The van der Waals surface area contributed by atoms with Crippen LogP contribution in [-0.2, 0) is 4.79 Å². The molecule has 0 aromatic carbocycles. The predicted octanol–water partition coefficient (Wildman–Crippen LogP) is 4.23. The smallest absolute Gasteiger partial charge is 0.126 e. The molecule has 4 atom stereocenters. The van der Waals surface area contributed by atoms with Gasteiger partial charge in [0.15, 0.2) is 0 Å². The Morgan fingerprint density at radius 3 is 2.53 bits per heavy atom. The summed E-state index contributed by atoms with van der Waals surface area (Å²) >= 11 is 0. The van der Waals surface area contributed by atoms with E-state index in [1.807, 2.05) is 6.92 Å². The van der Waals surface area contributed by atoms with Crippen LogP contribution in [0.4, 0.5) is 0 Å². The molecule has 0 spiro atoms. The van der Waals surface area contributed by atoms with Gasteiger partial charge < -0.3 is 4.79 Å². The Morgan fingerprint density at radius 1 is 1.47 bits per heavy atom. The lowest BCUT2D eigenvalue weighted by molar-refractivity contribution is -0.123. The summed E-state index contributed by atoms with van der Waals surface area (Å²) in [6.07, 6.45) is 6.12. The van der Waals surface area contributed by atoms with Gasteiger partial charge in [0, 0.05) is 5.41 Å². The minimum absolute atomic E-state index is 0.199. The number of allylic oxidation sites excluding steroid dienone is 1. The van der Waals surface area contributed by atoms with Gasteiger partial charge in [-0.2, -0.15) is 0 Å². The molecule has 0 amide bonds. The summed E-state index contributed by atoms with van der Waals surface area (Å²) in [6, 6.07) is 0. The van der Waals surface area contributed by atoms with E-state index in [2.05, 4.69) is 27.4 Å². The van der Waals surface area contributed by atoms with Crippen LogP contribution in [0.25, 0.3) is 0 Å². The van der Waals surface area contributed by atoms with E-state index >= 15 is 0 Å². The maximum atomic E-state index is 11.7. The van der Waals surface area contributed by atoms with E-state index in [1.165, 1.54) is 25.5 Å². The van der Waals surface area contributed by atoms with Crippen LogP contribution in [0.3, 0.4) is 0 Å². The number of rotatable bonds is 4. The average Bonchev–Trinajstić information content (AvgIpc) is 2.73. The molecule has 0 N–H and O–H groups in total. The van der Waals surface area contributed by atoms with Crippen molar-refractivity contribution in [3.63, 3.8) is 0 Å². The normalized spacial score (nSPS) is 37.8. The molecule has 1 nitrogen and oxygen atoms in total. The fourth-order valence-corrected chi connectivity index (χ4v) is 5.12. The number of aldehydes is 1. The van der Waals surface area contributed by atoms with Gasteiger partial charge >= 0.3 is 0 Å². The highest BCUT2D eigenvalue weighted by atomic mass is 16.1. The van der Waals surface area contributed by atoms with Gasteiger partial charge in [0.1, 0.15) is 6.29 Å². The first-order chi connectivity index (χ1) is 7.81. The second kappa shape index (κ2) is 3.96. The Morgan fingerprint density at radius 2 is 2.12 bits per heavy atom. The van der Waals surface area contributed by atoms with Gasteiger partial charge in [0.05, 0.1) is 0 Å². The van der Waals surface area contributed by atoms with Crippen molar-refractivity contribution < 1.29 is 4.79 Å². The largest absolute Gasteiger partial charge is 0.303 e. The summed E-state index contributed by atoms with van der Waals surface area (Å²) < 4.78 is 0. The van der Waals surface area contributed by atoms with Crippen LogP contribution in [0.5, 0.6) is 0 Å². The molecule has 0 radical (unpaired) electrons. The Hall–Kier alpha value is -0.590. The molecule has 0 aromatic heterocycles. The Bertz CT molecular complexity index is 341. The zero-order chi connectivity index (χ0) is 12.8. The fourth-order valence-electron chi connectivity index (χ4n) is 5.12. The highest BCUT2D eigenvalue weighted by Crippen LogP contribution is 2.64. The van der Waals surface area contributed by atoms with Gasteiger partial charge in [-0.15, -0.1) is 6.58 Å². The molecule has 2 aliphatic carbocycles. The summed E-state index contributed by atoms with van der Waals surface area (Å²) in [5.41, 5.74) is 1.27. The Balaban J connectivity index is 2.31. The van der Waals surface area contributed by atoms with Crippen LogP contribution in [0, 0.1) is 28.6 Å². The molecule has 4 unspecified atom stereocenters. The molecule has 0 heterocycles. The quantitative estimate of drug-likeness (QED) is 0.525. The maximum Gasteiger partial charge on any atom is 0.126 e. The van der Waals surface area contributed by atoms with Crippen LogP contribution in [0.1, 0.15) is 53.4 Å². The lowest BCUT2D eigenvalue weighted by atomic mass is 9.57. The third-order valence-corrected chi connectivity index (χ3v) is 5.46. The van der Waals surface area contributed by atoms with Crippen molar-refractivity contribution in [1.29, 1.82) is 0 Å². The number of fused-ring (bicyclic) bond motifs is 2. The third-order valence-electron chi connectivity index (χ3n) is 5.46. The summed E-state index contributed by atoms with van der Waals surface area (Å²) in [5.74, 6) is 2.15. The van der Waals surface area contributed by atoms with Crippen molar-refractivity contribution in [1.82, 2.24) is 0 Å². The molecule has 96 valence electrons. The van der Waals surface area contributed by atoms with Crippen LogP contribution in [0.15, 0.2) is 12.2 Å². The van der Waals surface area contributed by atoms with Crippen molar-refractivity contribution in [3.8, 4) is 0 Å². The van der Waals surface area contributed by atoms with Crippen molar-refractivity contribution in [2.24, 2.45) is 28.6 Å². The van der Waals surface area contributed by atoms with Crippen LogP contribution in [-0.4, -0.2) is 6.29 Å². The van der Waals surface area contributed by atoms with Crippen molar-refractivity contribution in [2.45, 2.75) is 53.4 Å². The molecule has 17 heavy (non-hydrogen) atoms. The van der Waals surface area contributed by atoms with Crippen molar-refractivity contribution in [3.05, 3.63) is 12.2 Å². The van der Waals surface area contributed by atoms with E-state index in [-0.39, 0.29) is 5.41 Å². The Kier molecular flexibility index (Phi) is 3.00. The molecule has 2 rings (SSSR count). The van der Waals surface area contributed by atoms with E-state index in [0.717, 1.165) is 23.8 Å². The zero-order valence-electron chi connectivity index (χ0n) is 11.8. The predicted molar refractivity (Wildman–Crippen MR) is 71.7 cm³/mol. The van der Waals surface area contributed by atoms with Gasteiger partial charge in [-0.05, 0) is 55.8 Å². The van der Waals surface area contributed by atoms with Crippen molar-refractivity contribution in [2.75, 3.05) is 0 Å². The fraction of sp³-hybridized carbons (Fsp3) is 0.812. The summed E-state index contributed by atoms with van der Waals surface area (Å²) in [7, 11) is 0. The average molecular weight is 234 g/mol. The van der Waals surface area contributed by atoms with Crippen LogP contribution < -0.4 is 0 Å². The molecule has 2 saturated carbocycles. The minimum atomic E-state index is -0.199. The summed E-state index contributed by atoms with van der Waals surface area (Å²) in [6.45, 7) is 13.0. The van der Waals surface area contributed by atoms with Crippen LogP contribution >= 0.6 is 0 Å². The van der Waals surface area contributed by atoms with Gasteiger partial charge in [-0.3, -0.25) is 0 Å². The van der Waals surface area contributed by atoms with Gasteiger partial charge in [0.2, 0.25) is 0 Å². The minimum Gasteiger partial charge on any atom is -0.303 e. The monoisotopic (exact) mass is 234 g/mol. The van der Waals surface area contributed by atoms with Gasteiger partial charge in [0.25, 0.3) is 0 Å². The number of carbonyl (C=O) groups excluding carboxylic acids is 1. The standard InChI is InChI=1S/C16H26O/c1-11(2)9-16(5,10-17)14-12-6-7-13(8-12)15(14,3)4/h10,12-14H,1,6-9H2,2-5H3. The van der Waals surface area contributed by atoms with Crippen molar-refractivity contribution >= 4 is 6.29 Å². The SMILES string of the molecule is C=C(C)CC(C)(C=O)C1C2CCC(C2)C1(C)C. The first-order valence-corrected chi connectivity index (χ1v) is 6.92. The summed E-state index contributed by atoms with van der Waals surface area (Å²) in [4.78, 5) is 11.7. The van der Waals surface area contributed by atoms with Gasteiger partial charge in [-0.1, -0.05) is 26.3 Å². The lowest BCUT2D eigenvalue weighted by Gasteiger charge is -2.46. The van der Waals surface area contributed by atoms with E-state index in [4.69, 9.17) is 0 Å². The number of hydrogen-bond donors (Lipinski definition) is 0. The molecule has 2 fully saturated rings. The topological polar surface area (TPSA) is 17.1 Å². The molecule has 1 heteroatoms. The maximum absolute atomic E-state index is 11.7. The van der Waals surface area contributed by atoms with E-state index in [9.17, 15) is 4.79 Å². The molecular formula is C16H26O. The van der Waals surface area contributed by atoms with E-state index in [0.29, 0.717) is 11.3 Å². The summed E-state index contributed by atoms with van der Waals surface area (Å²) in [5, 5.41) is 0. The first-order valence-electron chi connectivity index (χ1n) is 6.92. The van der Waals surface area contributed by atoms with Gasteiger partial charge in [-0.25, -0.2) is 0 Å². The van der Waals surface area contributed by atoms with E-state index < -0.39 is 0 Å². The molecule has 2 bridgehead atoms. The second-order valence-corrected chi connectivity index (χ2v) is 7.33. The molecule has 2 aliphatic rings. The molecule has 0 saturated heterocycles. The highest BCUT2D eigenvalue weighted by Gasteiger charge is 2.58. The molecule has 0 aromatic rings. The molecule has 0 aliphatic heterocycles. The lowest BCUT2D eigenvalue weighted by Crippen LogP contribution is -2.43. The second-order valence-electron chi connectivity index (χ2n) is 7.33. The molecular weight excluding hydrogens is 208 g/mol. The number of hydrogen-bond acceptors (Lipinski definition) is 1.